The van der Waals surface area contributed by atoms with E-state index < -0.39 is 46.1 Å². The van der Waals surface area contributed by atoms with E-state index in [0.29, 0.717) is 0 Å². The number of ether oxygens (including phenoxy) is 1. The minimum atomic E-state index is -4.03. The number of aliphatic carboxylic acids is 1. The first-order valence-electron chi connectivity index (χ1n) is 10.8. The summed E-state index contributed by atoms with van der Waals surface area (Å²) >= 11 is 1.45. The summed E-state index contributed by atoms with van der Waals surface area (Å²) in [6.07, 6.45) is -0.873. The third kappa shape index (κ3) is 8.43. The highest BCUT2D eigenvalue weighted by atomic mass is 32.2. The van der Waals surface area contributed by atoms with Crippen molar-refractivity contribution in [3.05, 3.63) is 90.5 Å². The van der Waals surface area contributed by atoms with Gasteiger partial charge in [-0.3, -0.25) is 4.79 Å². The highest BCUT2D eigenvalue weighted by Crippen LogP contribution is 2.28. The first kappa shape index (κ1) is 26.8. The smallest absolute Gasteiger partial charge is 0.407 e. The van der Waals surface area contributed by atoms with E-state index in [0.717, 1.165) is 15.4 Å². The minimum absolute atomic E-state index is 0.00701. The van der Waals surface area contributed by atoms with Crippen molar-refractivity contribution in [1.82, 2.24) is 10.6 Å². The highest BCUT2D eigenvalue weighted by Gasteiger charge is 2.28. The lowest BCUT2D eigenvalue weighted by Gasteiger charge is -2.15. The van der Waals surface area contributed by atoms with Crippen LogP contribution >= 0.6 is 11.8 Å². The fraction of sp³-hybridized carbons (Fsp3) is 0.160. The van der Waals surface area contributed by atoms with Gasteiger partial charge in [0.05, 0.1) is 10.6 Å². The molecule has 3 aromatic rings. The molecule has 0 unspecified atom stereocenters. The standard InChI is InChI=1S/C25H24N2O7S2/c28-23(15-26-25(31)34-16-18-7-3-1-4-8-18)27-22(24(29)30)17-36(32,33)21-13-11-20(12-14-21)35-19-9-5-2-6-10-19/h1-14,22H,15-17H2,(H,26,31)(H,27,28)(H,29,30)/t22-/m0/s1. The Labute approximate surface area is 212 Å². The first-order valence-corrected chi connectivity index (χ1v) is 13.2. The summed E-state index contributed by atoms with van der Waals surface area (Å²) in [6, 6.07) is 22.8. The lowest BCUT2D eigenvalue weighted by atomic mass is 10.2. The molecule has 3 rings (SSSR count). The van der Waals surface area contributed by atoms with Gasteiger partial charge >= 0.3 is 12.1 Å². The zero-order valence-corrected chi connectivity index (χ0v) is 20.6. The molecule has 0 saturated carbocycles. The molecule has 0 radical (unpaired) electrons. The summed E-state index contributed by atoms with van der Waals surface area (Å²) in [4.78, 5) is 37.2. The van der Waals surface area contributed by atoms with E-state index in [9.17, 15) is 27.9 Å². The quantitative estimate of drug-likeness (QED) is 0.345. The van der Waals surface area contributed by atoms with Gasteiger partial charge < -0.3 is 20.5 Å². The Morgan fingerprint density at radius 3 is 2.06 bits per heavy atom. The maximum absolute atomic E-state index is 12.8. The van der Waals surface area contributed by atoms with Crippen LogP contribution in [-0.4, -0.2) is 49.8 Å². The molecule has 36 heavy (non-hydrogen) atoms. The molecule has 0 fully saturated rings. The van der Waals surface area contributed by atoms with Crippen LogP contribution in [0.2, 0.25) is 0 Å². The number of amides is 2. The van der Waals surface area contributed by atoms with Crippen molar-refractivity contribution in [2.24, 2.45) is 0 Å². The van der Waals surface area contributed by atoms with Gasteiger partial charge in [0.2, 0.25) is 5.91 Å². The average Bonchev–Trinajstić information content (AvgIpc) is 2.87. The van der Waals surface area contributed by atoms with E-state index in [-0.39, 0.29) is 11.5 Å². The van der Waals surface area contributed by atoms with Crippen LogP contribution in [0.15, 0.2) is 99.6 Å². The van der Waals surface area contributed by atoms with Gasteiger partial charge in [-0.1, -0.05) is 60.3 Å². The van der Waals surface area contributed by atoms with Gasteiger partial charge in [-0.15, -0.1) is 0 Å². The maximum Gasteiger partial charge on any atom is 0.407 e. The topological polar surface area (TPSA) is 139 Å². The number of carboxylic acids is 1. The van der Waals surface area contributed by atoms with Gasteiger partial charge in [0.1, 0.15) is 19.2 Å². The number of carbonyl (C=O) groups excluding carboxylic acids is 2. The van der Waals surface area contributed by atoms with Crippen molar-refractivity contribution in [1.29, 1.82) is 0 Å². The van der Waals surface area contributed by atoms with E-state index in [2.05, 4.69) is 10.6 Å². The van der Waals surface area contributed by atoms with Crippen molar-refractivity contribution >= 4 is 39.6 Å². The summed E-state index contributed by atoms with van der Waals surface area (Å²) in [7, 11) is -4.03. The molecule has 0 aliphatic rings. The second-order valence-corrected chi connectivity index (χ2v) is 10.7. The molecule has 0 aliphatic carbocycles. The van der Waals surface area contributed by atoms with Crippen LogP contribution in [-0.2, 0) is 30.8 Å². The largest absolute Gasteiger partial charge is 0.480 e. The minimum Gasteiger partial charge on any atom is -0.480 e. The highest BCUT2D eigenvalue weighted by molar-refractivity contribution is 7.99. The van der Waals surface area contributed by atoms with Gasteiger partial charge in [-0.25, -0.2) is 18.0 Å². The summed E-state index contributed by atoms with van der Waals surface area (Å²) < 4.78 is 30.5. The molecule has 9 nitrogen and oxygen atoms in total. The molecule has 3 aromatic carbocycles. The fourth-order valence-corrected chi connectivity index (χ4v) is 5.25. The second kappa shape index (κ2) is 12.8. The molecule has 0 heterocycles. The number of alkyl carbamates (subject to hydrolysis) is 1. The van der Waals surface area contributed by atoms with E-state index in [1.807, 2.05) is 36.4 Å². The molecule has 188 valence electrons. The van der Waals surface area contributed by atoms with Gasteiger partial charge in [0.25, 0.3) is 0 Å². The maximum atomic E-state index is 12.8. The third-order valence-corrected chi connectivity index (χ3v) is 7.57. The van der Waals surface area contributed by atoms with Crippen LogP contribution < -0.4 is 10.6 Å². The van der Waals surface area contributed by atoms with Gasteiger partial charge in [-0.05, 0) is 42.0 Å². The molecular formula is C25H24N2O7S2. The predicted octanol–water partition coefficient (Wildman–Crippen LogP) is 3.11. The van der Waals surface area contributed by atoms with E-state index >= 15 is 0 Å². The van der Waals surface area contributed by atoms with Crippen LogP contribution in [0.3, 0.4) is 0 Å². The van der Waals surface area contributed by atoms with Crippen LogP contribution in [0.1, 0.15) is 5.56 Å². The van der Waals surface area contributed by atoms with Crippen molar-refractivity contribution in [2.45, 2.75) is 27.3 Å². The molecule has 0 aromatic heterocycles. The van der Waals surface area contributed by atoms with Crippen LogP contribution in [0.4, 0.5) is 4.79 Å². The monoisotopic (exact) mass is 528 g/mol. The molecule has 3 N–H and O–H groups in total. The van der Waals surface area contributed by atoms with Gasteiger partial charge in [0.15, 0.2) is 9.84 Å². The van der Waals surface area contributed by atoms with Crippen LogP contribution in [0.25, 0.3) is 0 Å². The Hall–Kier alpha value is -3.83. The zero-order valence-electron chi connectivity index (χ0n) is 19.0. The van der Waals surface area contributed by atoms with Crippen molar-refractivity contribution in [3.8, 4) is 0 Å². The number of carbonyl (C=O) groups is 3. The SMILES string of the molecule is O=C(CNC(=O)OCc1ccccc1)N[C@@H](CS(=O)(=O)c1ccc(Sc2ccccc2)cc1)C(=O)O. The van der Waals surface area contributed by atoms with Crippen molar-refractivity contribution in [3.63, 3.8) is 0 Å². The normalized spacial score (nSPS) is 11.8. The van der Waals surface area contributed by atoms with Gasteiger partial charge in [0, 0.05) is 9.79 Å². The lowest BCUT2D eigenvalue weighted by molar-refractivity contribution is -0.141. The molecule has 0 saturated heterocycles. The summed E-state index contributed by atoms with van der Waals surface area (Å²) in [5, 5.41) is 13.8. The third-order valence-electron chi connectivity index (χ3n) is 4.79. The summed E-state index contributed by atoms with van der Waals surface area (Å²) in [5.74, 6) is -3.24. The molecule has 11 heteroatoms. The Kier molecular flexibility index (Phi) is 9.48. The zero-order chi connectivity index (χ0) is 26.0. The lowest BCUT2D eigenvalue weighted by Crippen LogP contribution is -2.48. The molecule has 1 atom stereocenters. The Morgan fingerprint density at radius 1 is 0.861 bits per heavy atom. The van der Waals surface area contributed by atoms with Crippen molar-refractivity contribution < 1.29 is 32.6 Å². The van der Waals surface area contributed by atoms with Crippen LogP contribution in [0, 0.1) is 0 Å². The molecule has 2 amide bonds. The van der Waals surface area contributed by atoms with E-state index in [1.165, 1.54) is 23.9 Å². The second-order valence-electron chi connectivity index (χ2n) is 7.54. The number of benzene rings is 3. The van der Waals surface area contributed by atoms with E-state index in [1.54, 1.807) is 36.4 Å². The average molecular weight is 529 g/mol. The number of rotatable bonds is 11. The molecule has 0 bridgehead atoms. The Morgan fingerprint density at radius 2 is 1.44 bits per heavy atom. The molecular weight excluding hydrogens is 504 g/mol. The predicted molar refractivity (Wildman–Crippen MR) is 133 cm³/mol. The number of hydrogen-bond donors (Lipinski definition) is 3. The summed E-state index contributed by atoms with van der Waals surface area (Å²) in [5.41, 5.74) is 0.750. The molecule has 0 aliphatic heterocycles. The number of carboxylic acid groups (broad SMARTS) is 1. The van der Waals surface area contributed by atoms with Gasteiger partial charge in [-0.2, -0.15) is 0 Å². The van der Waals surface area contributed by atoms with Crippen LogP contribution in [0.5, 0.6) is 0 Å². The summed E-state index contributed by atoms with van der Waals surface area (Å²) in [6.45, 7) is -0.588. The first-order chi connectivity index (χ1) is 17.2. The number of sulfone groups is 1. The Bertz CT molecular complexity index is 1280. The fourth-order valence-electron chi connectivity index (χ4n) is 3.00. The number of nitrogens with one attached hydrogen (secondary N) is 2. The molecule has 0 spiro atoms. The Balaban J connectivity index is 1.52. The van der Waals surface area contributed by atoms with Crippen molar-refractivity contribution in [2.75, 3.05) is 12.3 Å². The number of hydrogen-bond acceptors (Lipinski definition) is 7. The van der Waals surface area contributed by atoms with E-state index in [4.69, 9.17) is 4.74 Å².